The normalized spacial score (nSPS) is 12.1. The molecule has 0 aliphatic heterocycles. The minimum Gasteiger partial charge on any atom is -0.456 e. The summed E-state index contributed by atoms with van der Waals surface area (Å²) < 4.78 is 10.5. The highest BCUT2D eigenvalue weighted by Gasteiger charge is 2.19. The first-order chi connectivity index (χ1) is 24.3. The Morgan fingerprint density at radius 3 is 2.18 bits per heavy atom. The van der Waals surface area contributed by atoms with Crippen molar-refractivity contribution in [2.75, 3.05) is 0 Å². The molecule has 0 atom stereocenters. The molecular weight excluding hydrogens is 603 g/mol. The zero-order valence-electron chi connectivity index (χ0n) is 26.1. The first-order valence-corrected chi connectivity index (χ1v) is 16.4. The Kier molecular flexibility index (Phi) is 5.29. The summed E-state index contributed by atoms with van der Waals surface area (Å²) in [6, 6.07) is 50.5. The van der Waals surface area contributed by atoms with Crippen molar-refractivity contribution in [3.05, 3.63) is 152 Å². The Morgan fingerprint density at radius 1 is 0.490 bits per heavy atom. The number of nitrogens with zero attached hydrogens (tertiary/aromatic N) is 5. The predicted molar refractivity (Wildman–Crippen MR) is 199 cm³/mol. The van der Waals surface area contributed by atoms with E-state index >= 15 is 0 Å². The number of imidazole rings is 1. The van der Waals surface area contributed by atoms with Crippen LogP contribution in [0.5, 0.6) is 0 Å². The maximum atomic E-state index is 6.09. The van der Waals surface area contributed by atoms with Gasteiger partial charge in [-0.2, -0.15) is 0 Å². The molecule has 0 saturated heterocycles. The van der Waals surface area contributed by atoms with Crippen LogP contribution in [-0.4, -0.2) is 24.1 Å². The third kappa shape index (κ3) is 3.79. The molecule has 6 heteroatoms. The van der Waals surface area contributed by atoms with Crippen molar-refractivity contribution in [3.63, 3.8) is 0 Å². The standard InChI is InChI=1S/C43H25N5O/c1-2-10-26(11-3-1)41-31-14-4-7-15-35(31)45-43(46-41)48-36-16-8-5-12-29(36)33-24-32-27(22-38(33)48)18-20-37-42(32)44-25-47(37)28-19-21-40-34(23-28)30-13-6-9-17-39(30)49-40/h1-25H. The molecule has 49 heavy (non-hydrogen) atoms. The summed E-state index contributed by atoms with van der Waals surface area (Å²) in [7, 11) is 0. The van der Waals surface area contributed by atoms with Crippen molar-refractivity contribution in [2.24, 2.45) is 0 Å². The summed E-state index contributed by atoms with van der Waals surface area (Å²) >= 11 is 0. The van der Waals surface area contributed by atoms with Gasteiger partial charge < -0.3 is 4.42 Å². The third-order valence-corrected chi connectivity index (χ3v) is 9.80. The average Bonchev–Trinajstić information content (AvgIpc) is 3.85. The quantitative estimate of drug-likeness (QED) is 0.196. The van der Waals surface area contributed by atoms with Crippen LogP contribution in [0.4, 0.5) is 0 Å². The monoisotopic (exact) mass is 627 g/mol. The number of para-hydroxylation sites is 3. The van der Waals surface area contributed by atoms with Crippen LogP contribution in [0.3, 0.4) is 0 Å². The lowest BCUT2D eigenvalue weighted by Gasteiger charge is -2.12. The van der Waals surface area contributed by atoms with E-state index in [0.717, 1.165) is 93.4 Å². The molecular formula is C43H25N5O. The second kappa shape index (κ2) is 9.86. The minimum atomic E-state index is 0.649. The van der Waals surface area contributed by atoms with E-state index in [-0.39, 0.29) is 0 Å². The van der Waals surface area contributed by atoms with Crippen LogP contribution in [0, 0.1) is 0 Å². The Hall–Kier alpha value is -6.79. The van der Waals surface area contributed by atoms with Crippen molar-refractivity contribution >= 4 is 76.5 Å². The largest absolute Gasteiger partial charge is 0.456 e. The van der Waals surface area contributed by atoms with Crippen LogP contribution in [-0.2, 0) is 0 Å². The van der Waals surface area contributed by atoms with Crippen LogP contribution >= 0.6 is 0 Å². The van der Waals surface area contributed by atoms with Gasteiger partial charge in [-0.1, -0.05) is 91.0 Å². The predicted octanol–water partition coefficient (Wildman–Crippen LogP) is 10.8. The number of benzene rings is 7. The minimum absolute atomic E-state index is 0.649. The molecule has 0 unspecified atom stereocenters. The van der Waals surface area contributed by atoms with Gasteiger partial charge >= 0.3 is 0 Å². The van der Waals surface area contributed by atoms with Gasteiger partial charge in [-0.3, -0.25) is 9.13 Å². The molecule has 6 nitrogen and oxygen atoms in total. The summed E-state index contributed by atoms with van der Waals surface area (Å²) in [5.74, 6) is 0.649. The number of rotatable bonds is 3. The van der Waals surface area contributed by atoms with Crippen molar-refractivity contribution in [1.82, 2.24) is 24.1 Å². The van der Waals surface area contributed by atoms with Crippen molar-refractivity contribution < 1.29 is 4.42 Å². The molecule has 4 aromatic heterocycles. The topological polar surface area (TPSA) is 61.7 Å². The molecule has 0 fully saturated rings. The second-order valence-corrected chi connectivity index (χ2v) is 12.5. The smallest absolute Gasteiger partial charge is 0.235 e. The first-order valence-electron chi connectivity index (χ1n) is 16.4. The van der Waals surface area contributed by atoms with Gasteiger partial charge in [-0.15, -0.1) is 0 Å². The highest BCUT2D eigenvalue weighted by molar-refractivity contribution is 6.17. The van der Waals surface area contributed by atoms with E-state index in [4.69, 9.17) is 19.4 Å². The maximum absolute atomic E-state index is 6.09. The molecule has 0 bridgehead atoms. The second-order valence-electron chi connectivity index (χ2n) is 12.5. The number of furan rings is 1. The zero-order valence-corrected chi connectivity index (χ0v) is 26.1. The first kappa shape index (κ1) is 26.3. The van der Waals surface area contributed by atoms with Gasteiger partial charge in [0.25, 0.3) is 0 Å². The van der Waals surface area contributed by atoms with Gasteiger partial charge in [0.05, 0.1) is 33.3 Å². The molecule has 228 valence electrons. The van der Waals surface area contributed by atoms with E-state index in [1.54, 1.807) is 0 Å². The van der Waals surface area contributed by atoms with Gasteiger partial charge in [0, 0.05) is 43.6 Å². The fourth-order valence-electron chi connectivity index (χ4n) is 7.53. The van der Waals surface area contributed by atoms with E-state index in [9.17, 15) is 0 Å². The SMILES string of the molecule is c1ccc(-c2nc(-n3c4ccccc4c4cc5c(ccc6c5ncn6-c5ccc6oc7ccccc7c6c5)cc43)nc3ccccc23)cc1. The summed E-state index contributed by atoms with van der Waals surface area (Å²) in [6.45, 7) is 0. The van der Waals surface area contributed by atoms with E-state index in [1.807, 2.05) is 42.7 Å². The Bertz CT molecular complexity index is 3110. The average molecular weight is 628 g/mol. The Labute approximate surface area is 279 Å². The van der Waals surface area contributed by atoms with E-state index in [0.29, 0.717) is 5.95 Å². The van der Waals surface area contributed by atoms with Gasteiger partial charge in [-0.05, 0) is 60.0 Å². The van der Waals surface area contributed by atoms with Crippen LogP contribution in [0.25, 0.3) is 99.3 Å². The molecule has 11 aromatic rings. The lowest BCUT2D eigenvalue weighted by Crippen LogP contribution is -2.03. The highest BCUT2D eigenvalue weighted by Crippen LogP contribution is 2.38. The summed E-state index contributed by atoms with van der Waals surface area (Å²) in [5, 5.41) is 7.72. The van der Waals surface area contributed by atoms with Crippen molar-refractivity contribution in [3.8, 4) is 22.9 Å². The van der Waals surface area contributed by atoms with E-state index < -0.39 is 0 Å². The number of fused-ring (bicyclic) bond motifs is 10. The Morgan fingerprint density at radius 2 is 1.27 bits per heavy atom. The number of aromatic nitrogens is 5. The fraction of sp³-hybridized carbons (Fsp3) is 0. The molecule has 11 rings (SSSR count). The summed E-state index contributed by atoms with van der Waals surface area (Å²) in [6.07, 6.45) is 1.93. The lowest BCUT2D eigenvalue weighted by atomic mass is 10.0. The molecule has 0 aliphatic carbocycles. The van der Waals surface area contributed by atoms with Crippen LogP contribution in [0.1, 0.15) is 0 Å². The lowest BCUT2D eigenvalue weighted by molar-refractivity contribution is 0.669. The third-order valence-electron chi connectivity index (χ3n) is 9.80. The molecule has 7 aromatic carbocycles. The Balaban J connectivity index is 1.14. The molecule has 4 heterocycles. The number of hydrogen-bond donors (Lipinski definition) is 0. The van der Waals surface area contributed by atoms with Crippen LogP contribution < -0.4 is 0 Å². The zero-order chi connectivity index (χ0) is 32.1. The van der Waals surface area contributed by atoms with Gasteiger partial charge in [-0.25, -0.2) is 15.0 Å². The molecule has 0 amide bonds. The summed E-state index contributed by atoms with van der Waals surface area (Å²) in [4.78, 5) is 15.4. The van der Waals surface area contributed by atoms with Crippen molar-refractivity contribution in [2.45, 2.75) is 0 Å². The maximum Gasteiger partial charge on any atom is 0.235 e. The number of hydrogen-bond acceptors (Lipinski definition) is 4. The van der Waals surface area contributed by atoms with E-state index in [2.05, 4.69) is 118 Å². The van der Waals surface area contributed by atoms with Gasteiger partial charge in [0.2, 0.25) is 5.95 Å². The molecule has 0 aliphatic rings. The highest BCUT2D eigenvalue weighted by atomic mass is 16.3. The molecule has 0 spiro atoms. The molecule has 0 saturated carbocycles. The van der Waals surface area contributed by atoms with Crippen LogP contribution in [0.2, 0.25) is 0 Å². The summed E-state index contributed by atoms with van der Waals surface area (Å²) in [5.41, 5.74) is 9.83. The molecule has 0 N–H and O–H groups in total. The van der Waals surface area contributed by atoms with Gasteiger partial charge in [0.1, 0.15) is 17.5 Å². The fourth-order valence-corrected chi connectivity index (χ4v) is 7.53. The van der Waals surface area contributed by atoms with Crippen molar-refractivity contribution in [1.29, 1.82) is 0 Å². The van der Waals surface area contributed by atoms with Gasteiger partial charge in [0.15, 0.2) is 0 Å². The molecule has 0 radical (unpaired) electrons. The van der Waals surface area contributed by atoms with Crippen LogP contribution in [0.15, 0.2) is 156 Å². The van der Waals surface area contributed by atoms with E-state index in [1.165, 1.54) is 0 Å².